The van der Waals surface area contributed by atoms with Gasteiger partial charge in [0.15, 0.2) is 0 Å². The van der Waals surface area contributed by atoms with Crippen LogP contribution >= 0.6 is 11.3 Å². The summed E-state index contributed by atoms with van der Waals surface area (Å²) in [6, 6.07) is 0. The van der Waals surface area contributed by atoms with Gasteiger partial charge in [-0.15, -0.1) is 10.2 Å². The maximum absolute atomic E-state index is 4.41. The summed E-state index contributed by atoms with van der Waals surface area (Å²) < 4.78 is 0. The monoisotopic (exact) mass is 281 g/mol. The molecule has 1 aliphatic rings. The molecule has 0 bridgehead atoms. The lowest BCUT2D eigenvalue weighted by molar-refractivity contribution is 0.303. The van der Waals surface area contributed by atoms with Crippen molar-refractivity contribution in [2.24, 2.45) is 5.92 Å². The van der Waals surface area contributed by atoms with Gasteiger partial charge in [0.25, 0.3) is 0 Å². The summed E-state index contributed by atoms with van der Waals surface area (Å²) >= 11 is 1.81. The molecule has 1 fully saturated rings. The minimum Gasteiger partial charge on any atom is -0.311 e. The molecule has 0 radical (unpaired) electrons. The van der Waals surface area contributed by atoms with Crippen LogP contribution in [0, 0.1) is 5.92 Å². The van der Waals surface area contributed by atoms with E-state index in [0.717, 1.165) is 24.0 Å². The lowest BCUT2D eigenvalue weighted by atomic mass is 9.80. The molecule has 0 saturated heterocycles. The van der Waals surface area contributed by atoms with E-state index in [1.807, 2.05) is 11.3 Å². The smallest absolute Gasteiger partial charge is 0.131 e. The average Bonchev–Trinajstić information content (AvgIpc) is 2.92. The van der Waals surface area contributed by atoms with E-state index >= 15 is 0 Å². The summed E-state index contributed by atoms with van der Waals surface area (Å²) in [5.74, 6) is 1.66. The second kappa shape index (κ2) is 7.95. The van der Waals surface area contributed by atoms with E-state index in [-0.39, 0.29) is 0 Å². The van der Waals surface area contributed by atoms with Gasteiger partial charge in [0.1, 0.15) is 10.0 Å². The van der Waals surface area contributed by atoms with Crippen LogP contribution in [0.1, 0.15) is 74.7 Å². The first-order valence-electron chi connectivity index (χ1n) is 7.86. The minimum atomic E-state index is 0.686. The van der Waals surface area contributed by atoms with Gasteiger partial charge in [-0.3, -0.25) is 0 Å². The molecule has 0 aromatic carbocycles. The zero-order valence-electron chi connectivity index (χ0n) is 12.3. The first-order valence-corrected chi connectivity index (χ1v) is 8.68. The Kier molecular flexibility index (Phi) is 6.24. The summed E-state index contributed by atoms with van der Waals surface area (Å²) in [4.78, 5) is 0. The van der Waals surface area contributed by atoms with Gasteiger partial charge in [-0.25, -0.2) is 0 Å². The third-order valence-electron chi connectivity index (χ3n) is 4.17. The number of unbranched alkanes of at least 4 members (excludes halogenated alkanes) is 1. The average molecular weight is 281 g/mol. The van der Waals surface area contributed by atoms with Gasteiger partial charge < -0.3 is 5.32 Å². The molecule has 1 aromatic rings. The molecule has 3 nitrogen and oxygen atoms in total. The number of aromatic nitrogens is 2. The van der Waals surface area contributed by atoms with Gasteiger partial charge >= 0.3 is 0 Å². The predicted octanol–water partition coefficient (Wildman–Crippen LogP) is 4.11. The predicted molar refractivity (Wildman–Crippen MR) is 81.5 cm³/mol. The van der Waals surface area contributed by atoms with Crippen LogP contribution in [0.15, 0.2) is 0 Å². The fourth-order valence-electron chi connectivity index (χ4n) is 2.93. The molecule has 1 aliphatic carbocycles. The van der Waals surface area contributed by atoms with Crippen LogP contribution in [0.25, 0.3) is 0 Å². The molecule has 1 aromatic heterocycles. The van der Waals surface area contributed by atoms with Gasteiger partial charge in [0.05, 0.1) is 0 Å². The zero-order valence-corrected chi connectivity index (χ0v) is 13.1. The van der Waals surface area contributed by atoms with Crippen LogP contribution in [0.5, 0.6) is 0 Å². The fraction of sp³-hybridized carbons (Fsp3) is 0.867. The van der Waals surface area contributed by atoms with Crippen LogP contribution in [0.3, 0.4) is 0 Å². The largest absolute Gasteiger partial charge is 0.311 e. The van der Waals surface area contributed by atoms with E-state index in [2.05, 4.69) is 29.4 Å². The Morgan fingerprint density at radius 2 is 1.95 bits per heavy atom. The molecule has 0 unspecified atom stereocenters. The fourth-order valence-corrected chi connectivity index (χ4v) is 3.91. The van der Waals surface area contributed by atoms with Crippen LogP contribution < -0.4 is 5.32 Å². The van der Waals surface area contributed by atoms with Crippen molar-refractivity contribution in [1.29, 1.82) is 0 Å². The Hall–Kier alpha value is -0.480. The maximum Gasteiger partial charge on any atom is 0.131 e. The SMILES string of the molecule is CCCCC1CCC(c2nnc(CNCC)s2)CC1. The quantitative estimate of drug-likeness (QED) is 0.817. The van der Waals surface area contributed by atoms with Gasteiger partial charge in [0.2, 0.25) is 0 Å². The summed E-state index contributed by atoms with van der Waals surface area (Å²) in [5, 5.41) is 14.5. The number of nitrogens with zero attached hydrogens (tertiary/aromatic N) is 2. The van der Waals surface area contributed by atoms with Crippen molar-refractivity contribution in [3.63, 3.8) is 0 Å². The molecule has 1 heterocycles. The topological polar surface area (TPSA) is 37.8 Å². The summed E-state index contributed by atoms with van der Waals surface area (Å²) in [7, 11) is 0. The van der Waals surface area contributed by atoms with E-state index < -0.39 is 0 Å². The molecule has 1 saturated carbocycles. The Balaban J connectivity index is 1.78. The van der Waals surface area contributed by atoms with Crippen molar-refractivity contribution in [2.75, 3.05) is 6.54 Å². The highest BCUT2D eigenvalue weighted by molar-refractivity contribution is 7.11. The van der Waals surface area contributed by atoms with E-state index in [1.165, 1.54) is 50.0 Å². The molecule has 19 heavy (non-hydrogen) atoms. The third-order valence-corrected chi connectivity index (χ3v) is 5.26. The first-order chi connectivity index (χ1) is 9.33. The normalized spacial score (nSPS) is 23.7. The molecular weight excluding hydrogens is 254 g/mol. The highest BCUT2D eigenvalue weighted by Gasteiger charge is 2.24. The maximum atomic E-state index is 4.41. The third kappa shape index (κ3) is 4.53. The van der Waals surface area contributed by atoms with Gasteiger partial charge in [0, 0.05) is 12.5 Å². The van der Waals surface area contributed by atoms with Crippen molar-refractivity contribution in [3.8, 4) is 0 Å². The van der Waals surface area contributed by atoms with E-state index in [1.54, 1.807) is 0 Å². The summed E-state index contributed by atoms with van der Waals surface area (Å²) in [6.07, 6.45) is 9.62. The number of nitrogens with one attached hydrogen (secondary N) is 1. The van der Waals surface area contributed by atoms with Crippen molar-refractivity contribution in [1.82, 2.24) is 15.5 Å². The Morgan fingerprint density at radius 3 is 2.63 bits per heavy atom. The Labute approximate surface area is 121 Å². The highest BCUT2D eigenvalue weighted by Crippen LogP contribution is 2.38. The van der Waals surface area contributed by atoms with Gasteiger partial charge in [-0.1, -0.05) is 44.4 Å². The van der Waals surface area contributed by atoms with E-state index in [4.69, 9.17) is 0 Å². The van der Waals surface area contributed by atoms with Crippen molar-refractivity contribution in [3.05, 3.63) is 10.0 Å². The zero-order chi connectivity index (χ0) is 13.5. The lowest BCUT2D eigenvalue weighted by Crippen LogP contribution is -2.13. The molecule has 2 rings (SSSR count). The minimum absolute atomic E-state index is 0.686. The standard InChI is InChI=1S/C15H27N3S/c1-3-5-6-12-7-9-13(10-8-12)15-18-17-14(19-15)11-16-4-2/h12-13,16H,3-11H2,1-2H3. The Morgan fingerprint density at radius 1 is 1.16 bits per heavy atom. The van der Waals surface area contributed by atoms with Crippen molar-refractivity contribution < 1.29 is 0 Å². The van der Waals surface area contributed by atoms with E-state index in [0.29, 0.717) is 5.92 Å². The van der Waals surface area contributed by atoms with Gasteiger partial charge in [-0.05, 0) is 38.1 Å². The van der Waals surface area contributed by atoms with E-state index in [9.17, 15) is 0 Å². The number of hydrogen-bond acceptors (Lipinski definition) is 4. The first kappa shape index (κ1) is 14.9. The highest BCUT2D eigenvalue weighted by atomic mass is 32.1. The molecule has 4 heteroatoms. The Bertz CT molecular complexity index is 356. The number of rotatable bonds is 7. The van der Waals surface area contributed by atoms with Crippen LogP contribution in [-0.4, -0.2) is 16.7 Å². The van der Waals surface area contributed by atoms with Crippen LogP contribution in [0.2, 0.25) is 0 Å². The molecular formula is C15H27N3S. The number of hydrogen-bond donors (Lipinski definition) is 1. The van der Waals surface area contributed by atoms with Crippen molar-refractivity contribution in [2.45, 2.75) is 71.3 Å². The second-order valence-electron chi connectivity index (χ2n) is 5.67. The van der Waals surface area contributed by atoms with Crippen LogP contribution in [0.4, 0.5) is 0 Å². The summed E-state index contributed by atoms with van der Waals surface area (Å²) in [6.45, 7) is 6.29. The second-order valence-corrected chi connectivity index (χ2v) is 6.77. The summed E-state index contributed by atoms with van der Waals surface area (Å²) in [5.41, 5.74) is 0. The molecule has 0 atom stereocenters. The molecule has 0 aliphatic heterocycles. The molecule has 0 spiro atoms. The van der Waals surface area contributed by atoms with Crippen molar-refractivity contribution >= 4 is 11.3 Å². The molecule has 108 valence electrons. The molecule has 1 N–H and O–H groups in total. The lowest BCUT2D eigenvalue weighted by Gasteiger charge is -2.26. The van der Waals surface area contributed by atoms with Gasteiger partial charge in [-0.2, -0.15) is 0 Å². The van der Waals surface area contributed by atoms with Crippen LogP contribution in [-0.2, 0) is 6.54 Å². The molecule has 0 amide bonds.